The van der Waals surface area contributed by atoms with E-state index in [0.29, 0.717) is 37.7 Å². The molecule has 0 saturated carbocycles. The first-order valence-electron chi connectivity index (χ1n) is 6.18. The van der Waals surface area contributed by atoms with Crippen molar-refractivity contribution in [1.29, 1.82) is 0 Å². The van der Waals surface area contributed by atoms with Gasteiger partial charge in [-0.1, -0.05) is 0 Å². The standard InChI is InChI=1S/C12H21N3O4S/c1-18-7-8-19-6-2-5-15-11-4-3-10(13)9-12(11)20(14,16)17/h3-4,9,15H,2,5-8,13H2,1H3,(H2,14,16,17). The first kappa shape index (κ1) is 16.7. The molecule has 8 heteroatoms. The molecule has 7 nitrogen and oxygen atoms in total. The monoisotopic (exact) mass is 303 g/mol. The third-order valence-electron chi connectivity index (χ3n) is 2.52. The van der Waals surface area contributed by atoms with Gasteiger partial charge in [0.2, 0.25) is 10.0 Å². The second kappa shape index (κ2) is 8.05. The van der Waals surface area contributed by atoms with E-state index in [2.05, 4.69) is 5.32 Å². The summed E-state index contributed by atoms with van der Waals surface area (Å²) >= 11 is 0. The number of rotatable bonds is 9. The molecule has 0 bridgehead atoms. The number of methoxy groups -OCH3 is 1. The summed E-state index contributed by atoms with van der Waals surface area (Å²) in [5.74, 6) is 0. The van der Waals surface area contributed by atoms with Gasteiger partial charge < -0.3 is 20.5 Å². The van der Waals surface area contributed by atoms with Crippen LogP contribution >= 0.6 is 0 Å². The molecule has 0 aliphatic carbocycles. The molecule has 0 aromatic heterocycles. The highest BCUT2D eigenvalue weighted by Gasteiger charge is 2.13. The highest BCUT2D eigenvalue weighted by molar-refractivity contribution is 7.89. The van der Waals surface area contributed by atoms with Crippen LogP contribution in [0.3, 0.4) is 0 Å². The van der Waals surface area contributed by atoms with Crippen LogP contribution in [0.2, 0.25) is 0 Å². The Bertz CT molecular complexity index is 519. The number of hydrogen-bond donors (Lipinski definition) is 3. The first-order valence-corrected chi connectivity index (χ1v) is 7.72. The summed E-state index contributed by atoms with van der Waals surface area (Å²) in [4.78, 5) is -0.00204. The molecule has 0 aliphatic heterocycles. The fraction of sp³-hybridized carbons (Fsp3) is 0.500. The molecule has 0 radical (unpaired) electrons. The van der Waals surface area contributed by atoms with Crippen molar-refractivity contribution in [3.8, 4) is 0 Å². The van der Waals surface area contributed by atoms with Crippen LogP contribution < -0.4 is 16.2 Å². The molecule has 0 atom stereocenters. The quantitative estimate of drug-likeness (QED) is 0.448. The fourth-order valence-corrected chi connectivity index (χ4v) is 2.31. The van der Waals surface area contributed by atoms with Crippen molar-refractivity contribution in [1.82, 2.24) is 0 Å². The molecule has 0 aliphatic rings. The third-order valence-corrected chi connectivity index (χ3v) is 3.48. The number of nitrogen functional groups attached to an aromatic ring is 1. The Balaban J connectivity index is 2.48. The van der Waals surface area contributed by atoms with Crippen LogP contribution in [0.15, 0.2) is 23.1 Å². The van der Waals surface area contributed by atoms with Gasteiger partial charge in [-0.05, 0) is 24.6 Å². The average Bonchev–Trinajstić information content (AvgIpc) is 2.38. The Morgan fingerprint density at radius 1 is 1.25 bits per heavy atom. The molecular weight excluding hydrogens is 282 g/mol. The van der Waals surface area contributed by atoms with Gasteiger partial charge in [-0.25, -0.2) is 13.6 Å². The summed E-state index contributed by atoms with van der Waals surface area (Å²) < 4.78 is 33.1. The normalized spacial score (nSPS) is 11.5. The molecule has 1 rings (SSSR count). The maximum absolute atomic E-state index is 11.5. The summed E-state index contributed by atoms with van der Waals surface area (Å²) in [5.41, 5.74) is 6.36. The maximum Gasteiger partial charge on any atom is 0.240 e. The zero-order valence-corrected chi connectivity index (χ0v) is 12.3. The van der Waals surface area contributed by atoms with Crippen LogP contribution in [0, 0.1) is 0 Å². The first-order chi connectivity index (χ1) is 9.45. The smallest absolute Gasteiger partial charge is 0.240 e. The highest BCUT2D eigenvalue weighted by Crippen LogP contribution is 2.22. The van der Waals surface area contributed by atoms with Crippen molar-refractivity contribution in [3.05, 3.63) is 18.2 Å². The second-order valence-corrected chi connectivity index (χ2v) is 5.72. The predicted octanol–water partition coefficient (Wildman–Crippen LogP) is 0.381. The van der Waals surface area contributed by atoms with Crippen molar-refractivity contribution in [2.75, 3.05) is 44.5 Å². The van der Waals surface area contributed by atoms with Gasteiger partial charge in [-0.15, -0.1) is 0 Å². The van der Waals surface area contributed by atoms with Crippen LogP contribution in [-0.4, -0.2) is 41.9 Å². The van der Waals surface area contributed by atoms with Crippen LogP contribution in [0.4, 0.5) is 11.4 Å². The van der Waals surface area contributed by atoms with Crippen molar-refractivity contribution in [3.63, 3.8) is 0 Å². The van der Waals surface area contributed by atoms with Crippen molar-refractivity contribution in [2.24, 2.45) is 5.14 Å². The van der Waals surface area contributed by atoms with Gasteiger partial charge in [0.1, 0.15) is 4.90 Å². The van der Waals surface area contributed by atoms with Gasteiger partial charge in [-0.3, -0.25) is 0 Å². The van der Waals surface area contributed by atoms with Gasteiger partial charge in [0, 0.05) is 25.9 Å². The number of primary sulfonamides is 1. The third kappa shape index (κ3) is 5.74. The predicted molar refractivity (Wildman–Crippen MR) is 78.0 cm³/mol. The molecule has 114 valence electrons. The molecule has 0 heterocycles. The molecule has 5 N–H and O–H groups in total. The lowest BCUT2D eigenvalue weighted by Crippen LogP contribution is -2.16. The van der Waals surface area contributed by atoms with Gasteiger partial charge >= 0.3 is 0 Å². The van der Waals surface area contributed by atoms with Crippen molar-refractivity contribution in [2.45, 2.75) is 11.3 Å². The molecule has 0 saturated heterocycles. The van der Waals surface area contributed by atoms with Gasteiger partial charge in [-0.2, -0.15) is 0 Å². The highest BCUT2D eigenvalue weighted by atomic mass is 32.2. The van der Waals surface area contributed by atoms with Gasteiger partial charge in [0.25, 0.3) is 0 Å². The molecular formula is C12H21N3O4S. The van der Waals surface area contributed by atoms with E-state index < -0.39 is 10.0 Å². The van der Waals surface area contributed by atoms with Crippen molar-refractivity contribution >= 4 is 21.4 Å². The summed E-state index contributed by atoms with van der Waals surface area (Å²) in [6.45, 7) is 2.23. The minimum Gasteiger partial charge on any atom is -0.399 e. The zero-order chi connectivity index (χ0) is 15.0. The largest absolute Gasteiger partial charge is 0.399 e. The van der Waals surface area contributed by atoms with Gasteiger partial charge in [0.05, 0.1) is 18.9 Å². The minimum atomic E-state index is -3.80. The van der Waals surface area contributed by atoms with E-state index in [1.807, 2.05) is 0 Å². The summed E-state index contributed by atoms with van der Waals surface area (Å²) in [6, 6.07) is 4.56. The number of hydrogen-bond acceptors (Lipinski definition) is 6. The summed E-state index contributed by atoms with van der Waals surface area (Å²) in [6.07, 6.45) is 0.734. The Labute approximate surface area is 119 Å². The van der Waals surface area contributed by atoms with E-state index in [1.165, 1.54) is 6.07 Å². The van der Waals surface area contributed by atoms with Crippen LogP contribution in [0.1, 0.15) is 6.42 Å². The van der Waals surface area contributed by atoms with Crippen LogP contribution in [-0.2, 0) is 19.5 Å². The topological polar surface area (TPSA) is 117 Å². The molecule has 0 spiro atoms. The van der Waals surface area contributed by atoms with Crippen LogP contribution in [0.5, 0.6) is 0 Å². The van der Waals surface area contributed by atoms with E-state index in [4.69, 9.17) is 20.3 Å². The molecule has 0 amide bonds. The minimum absolute atomic E-state index is 0.00204. The Morgan fingerprint density at radius 3 is 2.65 bits per heavy atom. The number of ether oxygens (including phenoxy) is 2. The Hall–Kier alpha value is -1.35. The van der Waals surface area contributed by atoms with E-state index in [9.17, 15) is 8.42 Å². The molecule has 1 aromatic carbocycles. The van der Waals surface area contributed by atoms with E-state index in [1.54, 1.807) is 19.2 Å². The van der Waals surface area contributed by atoms with Crippen molar-refractivity contribution < 1.29 is 17.9 Å². The lowest BCUT2D eigenvalue weighted by Gasteiger charge is -2.11. The number of nitrogens with one attached hydrogen (secondary N) is 1. The second-order valence-electron chi connectivity index (χ2n) is 4.19. The number of sulfonamides is 1. The van der Waals surface area contributed by atoms with Gasteiger partial charge in [0.15, 0.2) is 0 Å². The maximum atomic E-state index is 11.5. The van der Waals surface area contributed by atoms with E-state index in [-0.39, 0.29) is 4.90 Å². The molecule has 1 aromatic rings. The number of anilines is 2. The molecule has 0 fully saturated rings. The average molecular weight is 303 g/mol. The van der Waals surface area contributed by atoms with E-state index >= 15 is 0 Å². The fourth-order valence-electron chi connectivity index (χ4n) is 1.56. The molecule has 0 unspecified atom stereocenters. The Kier molecular flexibility index (Phi) is 6.73. The van der Waals surface area contributed by atoms with Crippen LogP contribution in [0.25, 0.3) is 0 Å². The summed E-state index contributed by atoms with van der Waals surface area (Å²) in [5, 5.41) is 8.16. The lowest BCUT2D eigenvalue weighted by atomic mass is 10.3. The zero-order valence-electron chi connectivity index (χ0n) is 11.5. The lowest BCUT2D eigenvalue weighted by molar-refractivity contribution is 0.0705. The summed E-state index contributed by atoms with van der Waals surface area (Å²) in [7, 11) is -2.19. The number of benzene rings is 1. The number of nitrogens with two attached hydrogens (primary N) is 2. The SMILES string of the molecule is COCCOCCCNc1ccc(N)cc1S(N)(=O)=O. The Morgan fingerprint density at radius 2 is 2.00 bits per heavy atom. The molecule has 20 heavy (non-hydrogen) atoms. The van der Waals surface area contributed by atoms with E-state index in [0.717, 1.165) is 6.42 Å².